The molecule has 2 aromatic heterocycles. The molecule has 0 bridgehead atoms. The molecule has 2 N–H and O–H groups in total. The molecule has 9 nitrogen and oxygen atoms in total. The van der Waals surface area contributed by atoms with Crippen molar-refractivity contribution in [2.75, 3.05) is 37.5 Å². The van der Waals surface area contributed by atoms with Crippen molar-refractivity contribution in [2.45, 2.75) is 19.4 Å². The second-order valence-corrected chi connectivity index (χ2v) is 11.8. The number of anilines is 2. The first-order chi connectivity index (χ1) is 18.9. The Kier molecular flexibility index (Phi) is 8.04. The number of methoxy groups -OCH3 is 1. The Bertz CT molecular complexity index is 1690. The summed E-state index contributed by atoms with van der Waals surface area (Å²) in [6.07, 6.45) is 6.29. The first-order valence-corrected chi connectivity index (χ1v) is 14.9. The maximum absolute atomic E-state index is 11.3. The van der Waals surface area contributed by atoms with Crippen molar-refractivity contribution < 1.29 is 13.2 Å². The molecule has 5 aromatic rings. The monoisotopic (exact) mass is 544 g/mol. The maximum atomic E-state index is 11.3. The summed E-state index contributed by atoms with van der Waals surface area (Å²) in [7, 11) is -1.31. The molecule has 2 heterocycles. The van der Waals surface area contributed by atoms with Crippen molar-refractivity contribution in [1.82, 2.24) is 25.1 Å². The molecular formula is C29H32N6O3S. The lowest BCUT2D eigenvalue weighted by atomic mass is 10.0. The molecule has 10 heteroatoms. The molecule has 0 saturated heterocycles. The van der Waals surface area contributed by atoms with Gasteiger partial charge in [-0.3, -0.25) is 4.68 Å². The standard InChI is InChI=1S/C29H32N6O3S/c1-38-28-17-26-25(16-22(28)9-6-12-30-13-14-39(2,36)37)29(32-20-31-26)34-24-10-11-27-23(15-24)18-33-35(27)19-21-7-4-3-5-8-21/h3-5,7-8,10-11,15-18,20,30H,6,9,12-14,19H2,1-2H3,(H,31,32,34). The van der Waals surface area contributed by atoms with Crippen molar-refractivity contribution in [2.24, 2.45) is 0 Å². The minimum absolute atomic E-state index is 0.137. The minimum atomic E-state index is -2.96. The highest BCUT2D eigenvalue weighted by Crippen LogP contribution is 2.31. The smallest absolute Gasteiger partial charge is 0.148 e. The predicted octanol–water partition coefficient (Wildman–Crippen LogP) is 4.35. The summed E-state index contributed by atoms with van der Waals surface area (Å²) in [6.45, 7) is 1.88. The highest BCUT2D eigenvalue weighted by atomic mass is 32.2. The van der Waals surface area contributed by atoms with Crippen LogP contribution in [0.15, 0.2) is 73.2 Å². The van der Waals surface area contributed by atoms with Crippen LogP contribution in [0.25, 0.3) is 21.8 Å². The first-order valence-electron chi connectivity index (χ1n) is 12.9. The lowest BCUT2D eigenvalue weighted by Gasteiger charge is -2.13. The van der Waals surface area contributed by atoms with Gasteiger partial charge in [0.25, 0.3) is 0 Å². The lowest BCUT2D eigenvalue weighted by Crippen LogP contribution is -2.23. The lowest BCUT2D eigenvalue weighted by molar-refractivity contribution is 0.409. The van der Waals surface area contributed by atoms with Gasteiger partial charge in [-0.1, -0.05) is 30.3 Å². The first kappa shape index (κ1) is 26.6. The van der Waals surface area contributed by atoms with Crippen molar-refractivity contribution in [3.63, 3.8) is 0 Å². The molecule has 0 aliphatic heterocycles. The van der Waals surface area contributed by atoms with Crippen LogP contribution < -0.4 is 15.4 Å². The quantitative estimate of drug-likeness (QED) is 0.223. The van der Waals surface area contributed by atoms with E-state index in [9.17, 15) is 8.42 Å². The van der Waals surface area contributed by atoms with E-state index in [1.807, 2.05) is 41.2 Å². The molecule has 0 aliphatic rings. The normalized spacial score (nSPS) is 11.7. The van der Waals surface area contributed by atoms with E-state index in [2.05, 4.69) is 56.0 Å². The number of rotatable bonds is 12. The Morgan fingerprint density at radius 3 is 2.64 bits per heavy atom. The Morgan fingerprint density at radius 2 is 1.85 bits per heavy atom. The number of hydrogen-bond acceptors (Lipinski definition) is 8. The van der Waals surface area contributed by atoms with Gasteiger partial charge in [-0.25, -0.2) is 18.4 Å². The van der Waals surface area contributed by atoms with Crippen molar-refractivity contribution in [3.8, 4) is 5.75 Å². The van der Waals surface area contributed by atoms with Crippen LogP contribution >= 0.6 is 0 Å². The summed E-state index contributed by atoms with van der Waals surface area (Å²) in [6, 6.07) is 20.5. The van der Waals surface area contributed by atoms with Crippen LogP contribution in [0.2, 0.25) is 0 Å². The number of ether oxygens (including phenoxy) is 1. The number of benzene rings is 3. The third kappa shape index (κ3) is 6.71. The summed E-state index contributed by atoms with van der Waals surface area (Å²) in [4.78, 5) is 8.99. The molecule has 202 valence electrons. The number of aryl methyl sites for hydroxylation is 1. The molecule has 0 aliphatic carbocycles. The van der Waals surface area contributed by atoms with Crippen molar-refractivity contribution >= 4 is 43.1 Å². The molecule has 39 heavy (non-hydrogen) atoms. The number of hydrogen-bond donors (Lipinski definition) is 2. The Balaban J connectivity index is 1.32. The SMILES string of the molecule is COc1cc2ncnc(Nc3ccc4c(cnn4Cc4ccccc4)c3)c2cc1CCCNCCS(C)(=O)=O. The molecule has 0 amide bonds. The van der Waals surface area contributed by atoms with Crippen LogP contribution in [-0.4, -0.2) is 60.4 Å². The fourth-order valence-electron chi connectivity index (χ4n) is 4.58. The third-order valence-corrected chi connectivity index (χ3v) is 7.51. The predicted molar refractivity (Wildman–Crippen MR) is 156 cm³/mol. The summed E-state index contributed by atoms with van der Waals surface area (Å²) in [5, 5.41) is 13.2. The van der Waals surface area contributed by atoms with Crippen LogP contribution in [0.3, 0.4) is 0 Å². The number of nitrogens with zero attached hydrogens (tertiary/aromatic N) is 4. The van der Waals surface area contributed by atoms with Gasteiger partial charge in [0.05, 0.1) is 36.6 Å². The zero-order chi connectivity index (χ0) is 27.2. The summed E-state index contributed by atoms with van der Waals surface area (Å²) < 4.78 is 30.3. The van der Waals surface area contributed by atoms with Gasteiger partial charge in [0.1, 0.15) is 27.7 Å². The van der Waals surface area contributed by atoms with E-state index in [1.165, 1.54) is 11.8 Å². The van der Waals surface area contributed by atoms with E-state index >= 15 is 0 Å². The molecule has 0 unspecified atom stereocenters. The topological polar surface area (TPSA) is 111 Å². The molecule has 5 rings (SSSR count). The van der Waals surface area contributed by atoms with E-state index in [-0.39, 0.29) is 5.75 Å². The average molecular weight is 545 g/mol. The summed E-state index contributed by atoms with van der Waals surface area (Å²) >= 11 is 0. The van der Waals surface area contributed by atoms with Gasteiger partial charge < -0.3 is 15.4 Å². The van der Waals surface area contributed by atoms with Crippen molar-refractivity contribution in [1.29, 1.82) is 0 Å². The van der Waals surface area contributed by atoms with Gasteiger partial charge in [0, 0.05) is 35.3 Å². The fourth-order valence-corrected chi connectivity index (χ4v) is 5.10. The van der Waals surface area contributed by atoms with Gasteiger partial charge in [0.15, 0.2) is 0 Å². The van der Waals surface area contributed by atoms with E-state index < -0.39 is 9.84 Å². The Morgan fingerprint density at radius 1 is 1.00 bits per heavy atom. The average Bonchev–Trinajstić information content (AvgIpc) is 3.32. The van der Waals surface area contributed by atoms with Gasteiger partial charge in [0.2, 0.25) is 0 Å². The van der Waals surface area contributed by atoms with Gasteiger partial charge in [-0.05, 0) is 54.8 Å². The number of nitrogens with one attached hydrogen (secondary N) is 2. The van der Waals surface area contributed by atoms with Gasteiger partial charge >= 0.3 is 0 Å². The highest BCUT2D eigenvalue weighted by Gasteiger charge is 2.12. The van der Waals surface area contributed by atoms with Gasteiger partial charge in [-0.2, -0.15) is 5.10 Å². The van der Waals surface area contributed by atoms with Gasteiger partial charge in [-0.15, -0.1) is 0 Å². The summed E-state index contributed by atoms with van der Waals surface area (Å²) in [5.41, 5.74) is 5.01. The fraction of sp³-hybridized carbons (Fsp3) is 0.276. The van der Waals surface area contributed by atoms with Crippen LogP contribution in [-0.2, 0) is 22.8 Å². The largest absolute Gasteiger partial charge is 0.496 e. The van der Waals surface area contributed by atoms with Crippen LogP contribution in [0.1, 0.15) is 17.5 Å². The Labute approximate surface area is 228 Å². The van der Waals surface area contributed by atoms with E-state index in [0.717, 1.165) is 51.6 Å². The van der Waals surface area contributed by atoms with E-state index in [1.54, 1.807) is 13.4 Å². The van der Waals surface area contributed by atoms with E-state index in [4.69, 9.17) is 4.74 Å². The maximum Gasteiger partial charge on any atom is 0.148 e. The second kappa shape index (κ2) is 11.8. The molecule has 0 fully saturated rings. The zero-order valence-electron chi connectivity index (χ0n) is 22.1. The van der Waals surface area contributed by atoms with Crippen LogP contribution in [0, 0.1) is 0 Å². The summed E-state index contributed by atoms with van der Waals surface area (Å²) in [5.74, 6) is 1.62. The molecular weight excluding hydrogens is 512 g/mol. The highest BCUT2D eigenvalue weighted by molar-refractivity contribution is 7.90. The molecule has 3 aromatic carbocycles. The Hall–Kier alpha value is -4.02. The number of aromatic nitrogens is 4. The molecule has 0 saturated carbocycles. The third-order valence-electron chi connectivity index (χ3n) is 6.57. The minimum Gasteiger partial charge on any atom is -0.496 e. The second-order valence-electron chi connectivity index (χ2n) is 9.57. The van der Waals surface area contributed by atoms with Crippen molar-refractivity contribution in [3.05, 3.63) is 84.3 Å². The van der Waals surface area contributed by atoms with Crippen LogP contribution in [0.5, 0.6) is 5.75 Å². The van der Waals surface area contributed by atoms with Crippen LogP contribution in [0.4, 0.5) is 11.5 Å². The number of fused-ring (bicyclic) bond motifs is 2. The zero-order valence-corrected chi connectivity index (χ0v) is 22.9. The number of sulfone groups is 1. The molecule has 0 spiro atoms. The molecule has 0 radical (unpaired) electrons. The van der Waals surface area contributed by atoms with E-state index in [0.29, 0.717) is 25.5 Å². The molecule has 0 atom stereocenters.